The summed E-state index contributed by atoms with van der Waals surface area (Å²) in [6.07, 6.45) is 9.92. The molecule has 0 saturated heterocycles. The molecule has 3 heterocycles. The fourth-order valence-corrected chi connectivity index (χ4v) is 1.90. The van der Waals surface area contributed by atoms with Gasteiger partial charge in [-0.3, -0.25) is 9.78 Å². The summed E-state index contributed by atoms with van der Waals surface area (Å²) in [4.78, 5) is 20.5. The van der Waals surface area contributed by atoms with E-state index in [1.165, 1.54) is 0 Å². The van der Waals surface area contributed by atoms with Gasteiger partial charge < -0.3 is 4.57 Å². The molecule has 0 aliphatic carbocycles. The van der Waals surface area contributed by atoms with Crippen LogP contribution in [0.3, 0.4) is 0 Å². The van der Waals surface area contributed by atoms with Crippen LogP contribution in [-0.4, -0.2) is 29.9 Å². The van der Waals surface area contributed by atoms with Crippen LogP contribution in [-0.2, 0) is 6.54 Å². The predicted molar refractivity (Wildman–Crippen MR) is 64.3 cm³/mol. The normalized spacial score (nSPS) is 10.9. The predicted octanol–water partition coefficient (Wildman–Crippen LogP) is 1.18. The fourth-order valence-electron chi connectivity index (χ4n) is 1.90. The fraction of sp³-hybridized carbons (Fsp3) is 0.167. The number of carbonyl (C=O) groups is 1. The minimum atomic E-state index is -0.134. The number of rotatable bonds is 3. The molecule has 0 radical (unpaired) electrons. The lowest BCUT2D eigenvalue weighted by atomic mass is 10.2. The lowest BCUT2D eigenvalue weighted by molar-refractivity contribution is 0.102. The van der Waals surface area contributed by atoms with E-state index >= 15 is 0 Å². The highest BCUT2D eigenvalue weighted by atomic mass is 16.1. The monoisotopic (exact) mass is 241 g/mol. The smallest absolute Gasteiger partial charge is 0.232 e. The van der Waals surface area contributed by atoms with E-state index in [1.807, 2.05) is 11.5 Å². The maximum absolute atomic E-state index is 12.4. The van der Waals surface area contributed by atoms with E-state index in [0.29, 0.717) is 23.4 Å². The van der Waals surface area contributed by atoms with Gasteiger partial charge in [-0.1, -0.05) is 0 Å². The lowest BCUT2D eigenvalue weighted by Gasteiger charge is -2.02. The van der Waals surface area contributed by atoms with E-state index in [0.717, 1.165) is 0 Å². The first-order valence-electron chi connectivity index (χ1n) is 5.64. The number of ketones is 1. The van der Waals surface area contributed by atoms with Crippen molar-refractivity contribution in [1.82, 2.24) is 24.1 Å². The Bertz CT molecular complexity index is 712. The Labute approximate surface area is 103 Å². The molecule has 6 nitrogen and oxygen atoms in total. The number of hydrogen-bond acceptors (Lipinski definition) is 4. The minimum absolute atomic E-state index is 0.134. The third-order valence-electron chi connectivity index (χ3n) is 2.83. The van der Waals surface area contributed by atoms with Crippen LogP contribution in [0.5, 0.6) is 0 Å². The Morgan fingerprint density at radius 1 is 1.28 bits per heavy atom. The SMILES string of the molecule is CCn1ccnc1C(=O)c1cnn2ccncc12. The first-order chi connectivity index (χ1) is 8.81. The number of nitrogens with zero attached hydrogens (tertiary/aromatic N) is 5. The lowest BCUT2D eigenvalue weighted by Crippen LogP contribution is -2.10. The molecule has 0 atom stereocenters. The van der Waals surface area contributed by atoms with Gasteiger partial charge in [-0.2, -0.15) is 5.10 Å². The highest BCUT2D eigenvalue weighted by Gasteiger charge is 2.18. The molecule has 0 spiro atoms. The molecule has 18 heavy (non-hydrogen) atoms. The van der Waals surface area contributed by atoms with Gasteiger partial charge >= 0.3 is 0 Å². The van der Waals surface area contributed by atoms with E-state index in [-0.39, 0.29) is 5.78 Å². The van der Waals surface area contributed by atoms with Crippen molar-refractivity contribution in [3.63, 3.8) is 0 Å². The molecule has 6 heteroatoms. The van der Waals surface area contributed by atoms with Gasteiger partial charge in [0, 0.05) is 31.3 Å². The van der Waals surface area contributed by atoms with Crippen LogP contribution in [0.2, 0.25) is 0 Å². The molecule has 3 rings (SSSR count). The number of fused-ring (bicyclic) bond motifs is 1. The average molecular weight is 241 g/mol. The van der Waals surface area contributed by atoms with Gasteiger partial charge in [-0.15, -0.1) is 0 Å². The molecule has 0 bridgehead atoms. The maximum atomic E-state index is 12.4. The standard InChI is InChI=1S/C12H11N5O/c1-2-16-5-4-14-12(16)11(18)9-7-15-17-6-3-13-8-10(9)17/h3-8H,2H2,1H3. The topological polar surface area (TPSA) is 65.1 Å². The van der Waals surface area contributed by atoms with Gasteiger partial charge in [0.15, 0.2) is 5.82 Å². The second kappa shape index (κ2) is 4.06. The van der Waals surface area contributed by atoms with Crippen LogP contribution in [0.4, 0.5) is 0 Å². The zero-order chi connectivity index (χ0) is 12.5. The molecule has 3 aromatic heterocycles. The molecule has 0 fully saturated rings. The van der Waals surface area contributed by atoms with Crippen molar-refractivity contribution in [2.24, 2.45) is 0 Å². The molecule has 0 N–H and O–H groups in total. The summed E-state index contributed by atoms with van der Waals surface area (Å²) in [6, 6.07) is 0. The van der Waals surface area contributed by atoms with E-state index in [4.69, 9.17) is 0 Å². The summed E-state index contributed by atoms with van der Waals surface area (Å²) in [5.41, 5.74) is 1.21. The number of carbonyl (C=O) groups excluding carboxylic acids is 1. The maximum Gasteiger partial charge on any atom is 0.232 e. The van der Waals surface area contributed by atoms with E-state index < -0.39 is 0 Å². The first kappa shape index (κ1) is 10.6. The molecular formula is C12H11N5O. The number of hydrogen-bond donors (Lipinski definition) is 0. The van der Waals surface area contributed by atoms with Gasteiger partial charge in [0.05, 0.1) is 23.5 Å². The van der Waals surface area contributed by atoms with Crippen LogP contribution in [0.1, 0.15) is 23.1 Å². The Kier molecular flexibility index (Phi) is 2.40. The summed E-state index contributed by atoms with van der Waals surface area (Å²) < 4.78 is 3.43. The van der Waals surface area contributed by atoms with Gasteiger partial charge in [0.1, 0.15) is 0 Å². The molecule has 0 unspecified atom stereocenters. The van der Waals surface area contributed by atoms with Gasteiger partial charge in [0.2, 0.25) is 5.78 Å². The first-order valence-corrected chi connectivity index (χ1v) is 5.64. The van der Waals surface area contributed by atoms with Crippen LogP contribution < -0.4 is 0 Å². The molecule has 90 valence electrons. The molecule has 0 amide bonds. The highest BCUT2D eigenvalue weighted by molar-refractivity contribution is 6.10. The summed E-state index contributed by atoms with van der Waals surface area (Å²) in [7, 11) is 0. The number of imidazole rings is 1. The van der Waals surface area contributed by atoms with Gasteiger partial charge in [0.25, 0.3) is 0 Å². The van der Waals surface area contributed by atoms with E-state index in [1.54, 1.807) is 41.7 Å². The third kappa shape index (κ3) is 1.50. The van der Waals surface area contributed by atoms with Crippen molar-refractivity contribution >= 4 is 11.3 Å². The quantitative estimate of drug-likeness (QED) is 0.646. The zero-order valence-corrected chi connectivity index (χ0v) is 9.82. The molecule has 0 saturated carbocycles. The van der Waals surface area contributed by atoms with Crippen molar-refractivity contribution in [3.05, 3.63) is 48.6 Å². The van der Waals surface area contributed by atoms with Crippen molar-refractivity contribution in [3.8, 4) is 0 Å². The van der Waals surface area contributed by atoms with Gasteiger partial charge in [-0.05, 0) is 6.92 Å². The van der Waals surface area contributed by atoms with E-state index in [2.05, 4.69) is 15.1 Å². The van der Waals surface area contributed by atoms with Crippen LogP contribution in [0.25, 0.3) is 5.52 Å². The molecule has 0 aromatic carbocycles. The molecule has 0 aliphatic rings. The van der Waals surface area contributed by atoms with Crippen molar-refractivity contribution in [2.45, 2.75) is 13.5 Å². The Balaban J connectivity index is 2.13. The molecular weight excluding hydrogens is 230 g/mol. The van der Waals surface area contributed by atoms with E-state index in [9.17, 15) is 4.79 Å². The number of aromatic nitrogens is 5. The van der Waals surface area contributed by atoms with Crippen molar-refractivity contribution in [2.75, 3.05) is 0 Å². The third-order valence-corrected chi connectivity index (χ3v) is 2.83. The Morgan fingerprint density at radius 2 is 2.17 bits per heavy atom. The van der Waals surface area contributed by atoms with Crippen LogP contribution in [0.15, 0.2) is 37.2 Å². The van der Waals surface area contributed by atoms with Crippen molar-refractivity contribution in [1.29, 1.82) is 0 Å². The molecule has 3 aromatic rings. The van der Waals surface area contributed by atoms with Crippen LogP contribution in [0, 0.1) is 0 Å². The van der Waals surface area contributed by atoms with Crippen LogP contribution >= 0.6 is 0 Å². The highest BCUT2D eigenvalue weighted by Crippen LogP contribution is 2.13. The van der Waals surface area contributed by atoms with Crippen molar-refractivity contribution < 1.29 is 4.79 Å². The Hall–Kier alpha value is -2.50. The summed E-state index contributed by atoms with van der Waals surface area (Å²) in [6.45, 7) is 2.68. The minimum Gasteiger partial charge on any atom is -0.328 e. The summed E-state index contributed by atoms with van der Waals surface area (Å²) in [5.74, 6) is 0.293. The largest absolute Gasteiger partial charge is 0.328 e. The number of aryl methyl sites for hydroxylation is 1. The second-order valence-corrected chi connectivity index (χ2v) is 3.83. The molecule has 0 aliphatic heterocycles. The zero-order valence-electron chi connectivity index (χ0n) is 9.82. The Morgan fingerprint density at radius 3 is 3.00 bits per heavy atom. The average Bonchev–Trinajstić information content (AvgIpc) is 3.04. The second-order valence-electron chi connectivity index (χ2n) is 3.83. The van der Waals surface area contributed by atoms with Gasteiger partial charge in [-0.25, -0.2) is 9.50 Å². The summed E-state index contributed by atoms with van der Waals surface area (Å²) >= 11 is 0. The summed E-state index contributed by atoms with van der Waals surface area (Å²) in [5, 5.41) is 4.12.